The van der Waals surface area contributed by atoms with Gasteiger partial charge in [-0.25, -0.2) is 0 Å². The van der Waals surface area contributed by atoms with Gasteiger partial charge in [-0.05, 0) is 80.6 Å². The number of Topliss-reactive ketones (excluding diaryl/α,β-unsaturated/α-hetero) is 2. The minimum atomic E-state index is -4.31. The van der Waals surface area contributed by atoms with Crippen molar-refractivity contribution >= 4 is 53.3 Å². The fourth-order valence-corrected chi connectivity index (χ4v) is 8.39. The van der Waals surface area contributed by atoms with Gasteiger partial charge in [-0.15, -0.1) is 0 Å². The first-order chi connectivity index (χ1) is 41.0. The maximum absolute atomic E-state index is 13.3. The van der Waals surface area contributed by atoms with Crippen molar-refractivity contribution in [2.24, 2.45) is 10.2 Å². The summed E-state index contributed by atoms with van der Waals surface area (Å²) in [5.74, 6) is -2.50. The van der Waals surface area contributed by atoms with E-state index in [1.807, 2.05) is 30.3 Å². The first-order valence-corrected chi connectivity index (χ1v) is 32.7. The SMILES string of the molecule is O=C(CCCOCCOCCOCCOCCOCCOCCOCCOCCOCCOCCOCCCC(=O)c1cc(OCCCS(=O)(=O)O)c(OCCCS(=O)(=O)O)c(OCCCS(=O)(=O)O)c1)c1ccc(N=Nc2ccccc2)cc1. The van der Waals surface area contributed by atoms with E-state index in [1.165, 1.54) is 12.1 Å². The molecule has 0 amide bonds. The summed E-state index contributed by atoms with van der Waals surface area (Å²) in [5.41, 5.74) is 2.16. The van der Waals surface area contributed by atoms with E-state index in [9.17, 15) is 34.8 Å². The molecule has 0 heterocycles. The molecule has 0 fully saturated rings. The third-order valence-corrected chi connectivity index (χ3v) is 13.5. The molecule has 3 rings (SSSR count). The number of rotatable bonds is 57. The summed E-state index contributed by atoms with van der Waals surface area (Å²) in [7, 11) is -12.9. The normalized spacial score (nSPS) is 12.1. The van der Waals surface area contributed by atoms with Crippen LogP contribution < -0.4 is 14.2 Å². The van der Waals surface area contributed by atoms with E-state index in [0.717, 1.165) is 5.69 Å². The van der Waals surface area contributed by atoms with Crippen LogP contribution in [0.5, 0.6) is 17.2 Å². The highest BCUT2D eigenvalue weighted by molar-refractivity contribution is 7.86. The Balaban J connectivity index is 1.06. The molecule has 30 heteroatoms. The molecule has 0 aliphatic carbocycles. The zero-order valence-corrected chi connectivity index (χ0v) is 50.5. The predicted molar refractivity (Wildman–Crippen MR) is 309 cm³/mol. The van der Waals surface area contributed by atoms with Crippen molar-refractivity contribution in [1.29, 1.82) is 0 Å². The standard InChI is InChI=1S/C55H84N2O25S3/c58-51(47-13-15-50(16-14-47)57-56-49-9-2-1-3-10-49)11-4-17-69-22-24-71-26-28-73-30-32-75-34-36-77-38-40-79-41-39-78-37-35-76-33-31-74-29-27-72-25-23-70-18-5-12-52(59)48-45-53(80-19-6-42-83(60,61)62)55(82-21-8-44-85(66,67)68)54(46-48)81-20-7-43-84(63,64)65/h1-3,9-10,13-16,45-46H,4-8,11-12,17-44H2,(H,60,61,62)(H,63,64,65)(H,66,67,68). The number of carbonyl (C=O) groups is 2. The van der Waals surface area contributed by atoms with Gasteiger partial charge in [0.25, 0.3) is 30.4 Å². The minimum absolute atomic E-state index is 0.0163. The van der Waals surface area contributed by atoms with Gasteiger partial charge in [-0.1, -0.05) is 18.2 Å². The predicted octanol–water partition coefficient (Wildman–Crippen LogP) is 5.88. The van der Waals surface area contributed by atoms with Crippen LogP contribution in [-0.2, 0) is 82.5 Å². The molecule has 0 aliphatic rings. The second-order valence-corrected chi connectivity index (χ2v) is 22.9. The number of nitrogens with zero attached hydrogens (tertiary/aromatic N) is 2. The van der Waals surface area contributed by atoms with Crippen molar-refractivity contribution in [2.45, 2.75) is 44.9 Å². The highest BCUT2D eigenvalue weighted by Crippen LogP contribution is 2.40. The van der Waals surface area contributed by atoms with Crippen molar-refractivity contribution in [1.82, 2.24) is 0 Å². The van der Waals surface area contributed by atoms with E-state index in [4.69, 9.17) is 80.0 Å². The summed E-state index contributed by atoms with van der Waals surface area (Å²) >= 11 is 0. The molecule has 0 spiro atoms. The number of hydrogen-bond donors (Lipinski definition) is 3. The smallest absolute Gasteiger partial charge is 0.264 e. The van der Waals surface area contributed by atoms with Crippen LogP contribution in [0.15, 0.2) is 77.0 Å². The van der Waals surface area contributed by atoms with Crippen molar-refractivity contribution in [3.8, 4) is 17.2 Å². The second kappa shape index (κ2) is 46.4. The van der Waals surface area contributed by atoms with E-state index in [1.54, 1.807) is 24.3 Å². The molecule has 3 aromatic rings. The molecule has 0 atom stereocenters. The Hall–Kier alpha value is -4.71. The molecule has 0 unspecified atom stereocenters. The summed E-state index contributed by atoms with van der Waals surface area (Å²) in [4.78, 5) is 25.8. The van der Waals surface area contributed by atoms with Crippen LogP contribution in [0.4, 0.5) is 11.4 Å². The summed E-state index contributed by atoms with van der Waals surface area (Å²) in [6.45, 7) is 7.89. The molecule has 3 N–H and O–H groups in total. The van der Waals surface area contributed by atoms with Crippen molar-refractivity contribution in [2.75, 3.05) is 182 Å². The van der Waals surface area contributed by atoms with Gasteiger partial charge in [-0.2, -0.15) is 35.5 Å². The molecule has 0 bridgehead atoms. The Morgan fingerprint density at radius 2 is 0.612 bits per heavy atom. The average molecular weight is 1270 g/mol. The van der Waals surface area contributed by atoms with Gasteiger partial charge in [0.15, 0.2) is 23.1 Å². The quantitative estimate of drug-likeness (QED) is 0.0257. The molecule has 27 nitrogen and oxygen atoms in total. The molecular formula is C55H84N2O25S3. The van der Waals surface area contributed by atoms with Crippen molar-refractivity contribution in [3.63, 3.8) is 0 Å². The second-order valence-electron chi connectivity index (χ2n) is 18.1. The Morgan fingerprint density at radius 3 is 0.929 bits per heavy atom. The van der Waals surface area contributed by atoms with Crippen LogP contribution >= 0.6 is 0 Å². The van der Waals surface area contributed by atoms with Gasteiger partial charge >= 0.3 is 0 Å². The average Bonchev–Trinajstić information content (AvgIpc) is 3.63. The van der Waals surface area contributed by atoms with Gasteiger partial charge in [0.05, 0.1) is 181 Å². The summed E-state index contributed by atoms with van der Waals surface area (Å²) in [5, 5.41) is 8.39. The Morgan fingerprint density at radius 1 is 0.329 bits per heavy atom. The van der Waals surface area contributed by atoms with Crippen LogP contribution in [0.1, 0.15) is 65.7 Å². The number of ether oxygens (including phenoxy) is 14. The van der Waals surface area contributed by atoms with Gasteiger partial charge in [0.2, 0.25) is 5.75 Å². The summed E-state index contributed by atoms with van der Waals surface area (Å²) in [6.07, 6.45) is 0.873. The van der Waals surface area contributed by atoms with Crippen LogP contribution in [0.2, 0.25) is 0 Å². The number of hydrogen-bond acceptors (Lipinski definition) is 24. The molecule has 3 aromatic carbocycles. The highest BCUT2D eigenvalue weighted by Gasteiger charge is 2.21. The lowest BCUT2D eigenvalue weighted by Crippen LogP contribution is -2.15. The van der Waals surface area contributed by atoms with Gasteiger partial charge in [0, 0.05) is 37.2 Å². The minimum Gasteiger partial charge on any atom is -0.489 e. The largest absolute Gasteiger partial charge is 0.489 e. The molecule has 0 aliphatic heterocycles. The van der Waals surface area contributed by atoms with E-state index < -0.39 is 47.6 Å². The van der Waals surface area contributed by atoms with Crippen LogP contribution in [0.3, 0.4) is 0 Å². The lowest BCUT2D eigenvalue weighted by Gasteiger charge is -2.18. The van der Waals surface area contributed by atoms with Crippen LogP contribution in [0, 0.1) is 0 Å². The molecule has 0 saturated carbocycles. The number of azo groups is 1. The first-order valence-electron chi connectivity index (χ1n) is 27.9. The fourth-order valence-electron chi connectivity index (χ4n) is 6.94. The van der Waals surface area contributed by atoms with Crippen LogP contribution in [-0.4, -0.2) is 233 Å². The Kier molecular flexibility index (Phi) is 40.7. The molecule has 482 valence electrons. The Labute approximate surface area is 498 Å². The maximum Gasteiger partial charge on any atom is 0.264 e. The molecule has 0 aromatic heterocycles. The number of carbonyl (C=O) groups excluding carboxylic acids is 2. The number of ketones is 2. The Bertz CT molecular complexity index is 2550. The van der Waals surface area contributed by atoms with Gasteiger partial charge in [0.1, 0.15) is 0 Å². The third-order valence-electron chi connectivity index (χ3n) is 11.1. The van der Waals surface area contributed by atoms with E-state index >= 15 is 0 Å². The van der Waals surface area contributed by atoms with E-state index in [-0.39, 0.29) is 99.7 Å². The summed E-state index contributed by atoms with van der Waals surface area (Å²) in [6, 6.07) is 19.2. The van der Waals surface area contributed by atoms with E-state index in [2.05, 4.69) is 10.2 Å². The lowest BCUT2D eigenvalue weighted by molar-refractivity contribution is -0.0275. The fraction of sp³-hybridized carbons (Fsp3) is 0.636. The molecule has 0 saturated heterocycles. The zero-order chi connectivity index (χ0) is 61.5. The van der Waals surface area contributed by atoms with Crippen LogP contribution in [0.25, 0.3) is 0 Å². The monoisotopic (exact) mass is 1270 g/mol. The topological polar surface area (TPSA) is 351 Å². The van der Waals surface area contributed by atoms with Gasteiger partial charge < -0.3 is 66.3 Å². The maximum atomic E-state index is 13.3. The molecule has 0 radical (unpaired) electrons. The lowest BCUT2D eigenvalue weighted by atomic mass is 10.1. The molecular weight excluding hydrogens is 1180 g/mol. The van der Waals surface area contributed by atoms with Crippen molar-refractivity contribution in [3.05, 3.63) is 77.9 Å². The third kappa shape index (κ3) is 41.9. The number of benzene rings is 3. The summed E-state index contributed by atoms with van der Waals surface area (Å²) < 4.78 is 172. The first kappa shape index (κ1) is 74.5. The zero-order valence-electron chi connectivity index (χ0n) is 48.0. The van der Waals surface area contributed by atoms with Crippen molar-refractivity contribution < 1.29 is 115 Å². The highest BCUT2D eigenvalue weighted by atomic mass is 32.2. The van der Waals surface area contributed by atoms with Gasteiger partial charge in [-0.3, -0.25) is 23.2 Å². The molecule has 85 heavy (non-hydrogen) atoms. The van der Waals surface area contributed by atoms with E-state index in [0.29, 0.717) is 156 Å².